The number of esters is 2. The summed E-state index contributed by atoms with van der Waals surface area (Å²) in [7, 11) is 2.56. The molecule has 2 aliphatic rings. The zero-order valence-corrected chi connectivity index (χ0v) is 22.1. The minimum absolute atomic E-state index is 0. The van der Waals surface area contributed by atoms with Crippen LogP contribution >= 0.6 is 0 Å². The third kappa shape index (κ3) is 5.61. The molecule has 2 N–H and O–H groups in total. The van der Waals surface area contributed by atoms with Gasteiger partial charge in [-0.2, -0.15) is 0 Å². The van der Waals surface area contributed by atoms with Crippen LogP contribution in [0.5, 0.6) is 0 Å². The van der Waals surface area contributed by atoms with Gasteiger partial charge in [0, 0.05) is 6.21 Å². The van der Waals surface area contributed by atoms with Crippen LogP contribution in [0.2, 0.25) is 0 Å². The summed E-state index contributed by atoms with van der Waals surface area (Å²) in [5.74, 6) is -1.18. The summed E-state index contributed by atoms with van der Waals surface area (Å²) in [6, 6.07) is 6.64. The van der Waals surface area contributed by atoms with Gasteiger partial charge in [-0.15, -0.1) is 22.1 Å². The molecule has 4 rings (SSSR count). The van der Waals surface area contributed by atoms with Crippen molar-refractivity contribution in [3.05, 3.63) is 82.0 Å². The molecule has 2 aliphatic heterocycles. The van der Waals surface area contributed by atoms with Crippen LogP contribution in [0, 0.1) is 0 Å². The fraction of sp³-hybridized carbons (Fsp3) is 0.185. The number of aromatic nitrogens is 2. The van der Waals surface area contributed by atoms with Crippen molar-refractivity contribution in [2.24, 2.45) is 9.98 Å². The van der Waals surface area contributed by atoms with Crippen LogP contribution in [0.25, 0.3) is 22.3 Å². The molecule has 0 radical (unpaired) electrons. The Kier molecular flexibility index (Phi) is 9.03. The number of carbonyl (C=O) groups is 2. The second-order valence-electron chi connectivity index (χ2n) is 8.08. The molecule has 0 amide bonds. The first-order valence-electron chi connectivity index (χ1n) is 11.2. The number of allylic oxidation sites excluding steroid dienone is 5. The van der Waals surface area contributed by atoms with Crippen LogP contribution in [-0.2, 0) is 36.1 Å². The third-order valence-electron chi connectivity index (χ3n) is 5.84. The standard InChI is InChI=1S/C27H25N4O6.Mn/c1-14(16-7-10-20(29-16)23(26(34)36-3)19-6-5-13-28-19)17-8-11-21(30-17)24(27(35)37-4)22-12-9-18(31-22)15(2)25(32)33;/h5-13,25,32-33H,1-4H3,(H-,28,29,30,31,34,35);/q-1;+3/p-1/b18-15+;. The van der Waals surface area contributed by atoms with Crippen molar-refractivity contribution in [1.82, 2.24) is 9.97 Å². The summed E-state index contributed by atoms with van der Waals surface area (Å²) in [6.45, 7) is 3.36. The van der Waals surface area contributed by atoms with Gasteiger partial charge in [-0.05, 0) is 49.3 Å². The zero-order valence-electron chi connectivity index (χ0n) is 21.0. The van der Waals surface area contributed by atoms with Crippen LogP contribution < -0.4 is 20.7 Å². The van der Waals surface area contributed by atoms with Crippen molar-refractivity contribution < 1.29 is 46.3 Å². The summed E-state index contributed by atoms with van der Waals surface area (Å²) in [5, 5.41) is 19.5. The van der Waals surface area contributed by atoms with Gasteiger partial charge in [-0.1, -0.05) is 24.3 Å². The van der Waals surface area contributed by atoms with Crippen LogP contribution in [-0.4, -0.2) is 54.6 Å². The Morgan fingerprint density at radius 2 is 1.50 bits per heavy atom. The summed E-state index contributed by atoms with van der Waals surface area (Å²) < 4.78 is 9.88. The molecule has 10 nitrogen and oxygen atoms in total. The molecule has 0 spiro atoms. The van der Waals surface area contributed by atoms with E-state index in [0.717, 1.165) is 0 Å². The molecule has 194 valence electrons. The topological polar surface area (TPSA) is 146 Å². The van der Waals surface area contributed by atoms with Crippen LogP contribution in [0.3, 0.4) is 0 Å². The van der Waals surface area contributed by atoms with Gasteiger partial charge in [0.1, 0.15) is 0 Å². The van der Waals surface area contributed by atoms with Crippen molar-refractivity contribution in [1.29, 1.82) is 0 Å². The number of nitrogens with zero attached hydrogens (tertiary/aromatic N) is 4. The first-order chi connectivity index (χ1) is 17.7. The monoisotopic (exact) mass is 555 g/mol. The number of hydrogen-bond acceptors (Lipinski definition) is 8. The Bertz CT molecular complexity index is 1570. The van der Waals surface area contributed by atoms with E-state index in [-0.39, 0.29) is 39.1 Å². The van der Waals surface area contributed by atoms with Gasteiger partial charge >= 0.3 is 29.0 Å². The molecule has 2 aromatic rings. The molecule has 0 saturated heterocycles. The van der Waals surface area contributed by atoms with E-state index >= 15 is 0 Å². The van der Waals surface area contributed by atoms with E-state index in [1.807, 2.05) is 6.92 Å². The maximum atomic E-state index is 12.6. The predicted octanol–water partition coefficient (Wildman–Crippen LogP) is 0.370. The van der Waals surface area contributed by atoms with Gasteiger partial charge in [0.25, 0.3) is 0 Å². The van der Waals surface area contributed by atoms with Gasteiger partial charge in [-0.25, -0.2) is 14.6 Å². The van der Waals surface area contributed by atoms with Gasteiger partial charge in [-0.3, -0.25) is 4.99 Å². The molecule has 11 heteroatoms. The Hall–Kier alpha value is -4.02. The van der Waals surface area contributed by atoms with Crippen LogP contribution in [0.15, 0.2) is 69.9 Å². The average molecular weight is 555 g/mol. The molecule has 2 aromatic heterocycles. The molecule has 0 fully saturated rings. The molecular formula is C27H24MnN4O6+. The largest absolute Gasteiger partial charge is 3.00 e. The van der Waals surface area contributed by atoms with Crippen molar-refractivity contribution in [2.75, 3.05) is 14.2 Å². The Morgan fingerprint density at radius 3 is 2.13 bits per heavy atom. The number of aliphatic imine (C=N–C) groups is 2. The third-order valence-corrected chi connectivity index (χ3v) is 5.84. The molecule has 0 aromatic carbocycles. The van der Waals surface area contributed by atoms with E-state index in [9.17, 15) is 19.8 Å². The summed E-state index contributed by atoms with van der Waals surface area (Å²) in [4.78, 5) is 42.8. The zero-order chi connectivity index (χ0) is 26.7. The fourth-order valence-electron chi connectivity index (χ4n) is 3.74. The summed E-state index contributed by atoms with van der Waals surface area (Å²) >= 11 is 0. The maximum Gasteiger partial charge on any atom is 3.00 e. The quantitative estimate of drug-likeness (QED) is 0.225. The van der Waals surface area contributed by atoms with Crippen molar-refractivity contribution in [2.45, 2.75) is 20.1 Å². The minimum atomic E-state index is -1.67. The predicted molar refractivity (Wildman–Crippen MR) is 137 cm³/mol. The van der Waals surface area contributed by atoms with Crippen molar-refractivity contribution >= 4 is 46.2 Å². The molecule has 38 heavy (non-hydrogen) atoms. The molecular weight excluding hydrogens is 531 g/mol. The van der Waals surface area contributed by atoms with Crippen LogP contribution in [0.4, 0.5) is 0 Å². The number of methoxy groups -OCH3 is 2. The molecule has 0 atom stereocenters. The SMILES string of the molecule is COC(=O)/C(=C1\C=CC=N1)c1ccc(/C(C)=C2/C=CC(C(/C(=O)OC)=c3/cc/c(=C(/C)C(O)O)[n-]3)=N2)[n-]1.[Mn+3]. The Labute approximate surface area is 228 Å². The first-order valence-corrected chi connectivity index (χ1v) is 11.2. The van der Waals surface area contributed by atoms with Gasteiger partial charge in [0.2, 0.25) is 0 Å². The Morgan fingerprint density at radius 1 is 0.842 bits per heavy atom. The molecule has 0 unspecified atom stereocenters. The number of carbonyl (C=O) groups excluding carboxylic acids is 2. The normalized spacial score (nSPS) is 18.2. The minimum Gasteiger partial charge on any atom is -0.657 e. The van der Waals surface area contributed by atoms with Gasteiger partial charge in [0.15, 0.2) is 6.29 Å². The molecule has 4 heterocycles. The van der Waals surface area contributed by atoms with E-state index in [0.29, 0.717) is 39.4 Å². The van der Waals surface area contributed by atoms with E-state index in [4.69, 9.17) is 9.47 Å². The second-order valence-corrected chi connectivity index (χ2v) is 8.08. The van der Waals surface area contributed by atoms with Crippen molar-refractivity contribution in [3.8, 4) is 0 Å². The van der Waals surface area contributed by atoms with E-state index in [1.165, 1.54) is 21.1 Å². The summed E-state index contributed by atoms with van der Waals surface area (Å²) in [5.41, 5.74) is 3.70. The van der Waals surface area contributed by atoms with Crippen molar-refractivity contribution in [3.63, 3.8) is 0 Å². The average Bonchev–Trinajstić information content (AvgIpc) is 3.71. The van der Waals surface area contributed by atoms with E-state index in [1.54, 1.807) is 54.8 Å². The Balaban J connectivity index is 0.00000400. The number of aliphatic hydroxyl groups is 2. The number of rotatable bonds is 6. The van der Waals surface area contributed by atoms with Gasteiger partial charge < -0.3 is 29.7 Å². The van der Waals surface area contributed by atoms with Crippen LogP contribution in [0.1, 0.15) is 25.2 Å². The number of ether oxygens (including phenoxy) is 2. The van der Waals surface area contributed by atoms with E-state index < -0.39 is 18.2 Å². The first kappa shape index (κ1) is 28.5. The number of aliphatic hydroxyl groups excluding tert-OH is 1. The molecule has 0 aliphatic carbocycles. The van der Waals surface area contributed by atoms with E-state index in [2.05, 4.69) is 20.0 Å². The second kappa shape index (κ2) is 12.0. The smallest absolute Gasteiger partial charge is 0.657 e. The molecule has 0 bridgehead atoms. The maximum absolute atomic E-state index is 12.6. The van der Waals surface area contributed by atoms with Gasteiger partial charge in [0.05, 0.1) is 42.5 Å². The molecule has 0 saturated carbocycles. The summed E-state index contributed by atoms with van der Waals surface area (Å²) in [6.07, 6.45) is 6.75. The number of hydrogen-bond donors (Lipinski definition) is 2. The fourth-order valence-corrected chi connectivity index (χ4v) is 3.74.